The number of nitrogens with zero attached hydrogens (tertiary/aromatic N) is 1. The summed E-state index contributed by atoms with van der Waals surface area (Å²) in [6.45, 7) is 8.63. The van der Waals surface area contributed by atoms with Crippen LogP contribution in [-0.4, -0.2) is 54.9 Å². The lowest BCUT2D eigenvalue weighted by molar-refractivity contribution is -0.131. The van der Waals surface area contributed by atoms with Crippen LogP contribution in [0.5, 0.6) is 11.5 Å². The molecule has 1 aromatic carbocycles. The number of ether oxygens (including phenoxy) is 3. The summed E-state index contributed by atoms with van der Waals surface area (Å²) in [6.07, 6.45) is 1.61. The smallest absolute Gasteiger partial charge is 0.339 e. The van der Waals surface area contributed by atoms with E-state index in [0.29, 0.717) is 48.1 Å². The summed E-state index contributed by atoms with van der Waals surface area (Å²) in [5.74, 6) is 0.332. The van der Waals surface area contributed by atoms with Gasteiger partial charge in [-0.25, -0.2) is 4.79 Å². The number of carbonyl (C=O) groups is 3. The lowest BCUT2D eigenvalue weighted by Crippen LogP contribution is -2.33. The van der Waals surface area contributed by atoms with Gasteiger partial charge in [0.15, 0.2) is 17.3 Å². The zero-order valence-electron chi connectivity index (χ0n) is 20.4. The van der Waals surface area contributed by atoms with Crippen molar-refractivity contribution in [1.29, 1.82) is 0 Å². The first-order valence-electron chi connectivity index (χ1n) is 11.1. The molecule has 0 spiro atoms. The van der Waals surface area contributed by atoms with Crippen molar-refractivity contribution in [2.24, 2.45) is 0 Å². The molecule has 2 rings (SSSR count). The fraction of sp³-hybridized carbons (Fsp3) is 0.480. The molecule has 1 heterocycles. The van der Waals surface area contributed by atoms with Gasteiger partial charge in [-0.3, -0.25) is 9.59 Å². The molecule has 0 radical (unpaired) electrons. The fourth-order valence-electron chi connectivity index (χ4n) is 3.71. The predicted octanol–water partition coefficient (Wildman–Crippen LogP) is 4.09. The van der Waals surface area contributed by atoms with Gasteiger partial charge in [0, 0.05) is 25.7 Å². The van der Waals surface area contributed by atoms with Crippen LogP contribution in [0.2, 0.25) is 0 Å². The maximum Gasteiger partial charge on any atom is 0.339 e. The molecular weight excluding hydrogens is 424 g/mol. The van der Waals surface area contributed by atoms with Crippen LogP contribution in [0, 0.1) is 6.92 Å². The van der Waals surface area contributed by atoms with Crippen molar-refractivity contribution in [3.63, 3.8) is 0 Å². The Balaban J connectivity index is 2.29. The molecular formula is C25H34N2O6. The van der Waals surface area contributed by atoms with Crippen molar-refractivity contribution in [1.82, 2.24) is 9.88 Å². The van der Waals surface area contributed by atoms with Crippen LogP contribution in [0.25, 0.3) is 0 Å². The normalized spacial score (nSPS) is 10.6. The van der Waals surface area contributed by atoms with E-state index in [2.05, 4.69) is 4.98 Å². The Hall–Kier alpha value is -3.29. The molecule has 1 N–H and O–H groups in total. The van der Waals surface area contributed by atoms with Crippen LogP contribution in [0.1, 0.15) is 71.3 Å². The average molecular weight is 459 g/mol. The minimum Gasteiger partial charge on any atom is -0.493 e. The molecule has 0 fully saturated rings. The monoisotopic (exact) mass is 458 g/mol. The maximum absolute atomic E-state index is 13.2. The topological polar surface area (TPSA) is 97.9 Å². The Morgan fingerprint density at radius 3 is 2.36 bits per heavy atom. The number of H-pyrrole nitrogens is 1. The van der Waals surface area contributed by atoms with E-state index in [4.69, 9.17) is 14.2 Å². The van der Waals surface area contributed by atoms with Gasteiger partial charge in [0.25, 0.3) is 0 Å². The van der Waals surface area contributed by atoms with Gasteiger partial charge in [0.2, 0.25) is 5.91 Å². The van der Waals surface area contributed by atoms with Gasteiger partial charge >= 0.3 is 5.97 Å². The summed E-state index contributed by atoms with van der Waals surface area (Å²) >= 11 is 0. The number of methoxy groups -OCH3 is 2. The zero-order valence-corrected chi connectivity index (χ0v) is 20.4. The predicted molar refractivity (Wildman–Crippen MR) is 125 cm³/mol. The van der Waals surface area contributed by atoms with Crippen LogP contribution in [0.15, 0.2) is 18.2 Å². The van der Waals surface area contributed by atoms with Crippen molar-refractivity contribution in [2.45, 2.75) is 53.5 Å². The highest BCUT2D eigenvalue weighted by molar-refractivity contribution is 6.01. The van der Waals surface area contributed by atoms with Crippen molar-refractivity contribution in [3.05, 3.63) is 46.3 Å². The van der Waals surface area contributed by atoms with Gasteiger partial charge in [-0.2, -0.15) is 0 Å². The molecule has 0 aliphatic heterocycles. The Bertz CT molecular complexity index is 995. The first-order chi connectivity index (χ1) is 15.8. The highest BCUT2D eigenvalue weighted by Gasteiger charge is 2.26. The Morgan fingerprint density at radius 2 is 1.79 bits per heavy atom. The summed E-state index contributed by atoms with van der Waals surface area (Å²) in [5, 5.41) is 0. The molecule has 1 amide bonds. The molecule has 180 valence electrons. The van der Waals surface area contributed by atoms with Gasteiger partial charge in [-0.05, 0) is 43.0 Å². The van der Waals surface area contributed by atoms with E-state index in [9.17, 15) is 14.4 Å². The minimum atomic E-state index is -0.575. The maximum atomic E-state index is 13.2. The first kappa shape index (κ1) is 26.0. The summed E-state index contributed by atoms with van der Waals surface area (Å²) < 4.78 is 16.0. The number of hydrogen-bond donors (Lipinski definition) is 1. The summed E-state index contributed by atoms with van der Waals surface area (Å²) in [4.78, 5) is 42.2. The van der Waals surface area contributed by atoms with Crippen LogP contribution >= 0.6 is 0 Å². The van der Waals surface area contributed by atoms with E-state index in [1.165, 1.54) is 14.0 Å². The molecule has 33 heavy (non-hydrogen) atoms. The minimum absolute atomic E-state index is 0.0482. The average Bonchev–Trinajstić information content (AvgIpc) is 3.12. The second-order valence-corrected chi connectivity index (χ2v) is 7.85. The van der Waals surface area contributed by atoms with Gasteiger partial charge in [0.05, 0.1) is 38.5 Å². The lowest BCUT2D eigenvalue weighted by atomic mass is 10.1. The molecule has 0 unspecified atom stereocenters. The lowest BCUT2D eigenvalue weighted by Gasteiger charge is -2.23. The van der Waals surface area contributed by atoms with E-state index in [-0.39, 0.29) is 23.7 Å². The van der Waals surface area contributed by atoms with Crippen molar-refractivity contribution >= 4 is 17.7 Å². The molecule has 0 bridgehead atoms. The molecule has 8 heteroatoms. The fourth-order valence-corrected chi connectivity index (χ4v) is 3.71. The van der Waals surface area contributed by atoms with Gasteiger partial charge in [0.1, 0.15) is 0 Å². The number of Topliss-reactive ketones (excluding diaryl/α,β-unsaturated/α-hetero) is 1. The van der Waals surface area contributed by atoms with Crippen LogP contribution in [-0.2, 0) is 22.5 Å². The number of carbonyl (C=O) groups excluding carboxylic acids is 3. The molecule has 8 nitrogen and oxygen atoms in total. The quantitative estimate of drug-likeness (QED) is 0.380. The second-order valence-electron chi connectivity index (χ2n) is 7.85. The third-order valence-electron chi connectivity index (χ3n) is 5.31. The number of nitrogens with one attached hydrogen (secondary N) is 1. The molecule has 0 saturated carbocycles. The number of rotatable bonds is 12. The summed E-state index contributed by atoms with van der Waals surface area (Å²) in [6, 6.07) is 5.63. The Labute approximate surface area is 195 Å². The number of amides is 1. The molecule has 0 saturated heterocycles. The standard InChI is InChI=1S/C25H34N2O6/c1-7-11-27(15-18-9-10-20(33-12-8-2)21(13-18)31-5)22(29)14-19-23(25(30)32-6)16(3)24(26-19)17(4)28/h9-10,13,26H,7-8,11-12,14-15H2,1-6H3. The Kier molecular flexibility index (Phi) is 9.51. The SMILES string of the molecule is CCCOc1ccc(CN(CCC)C(=O)Cc2[nH]c(C(C)=O)c(C)c2C(=O)OC)cc1OC. The number of esters is 1. The molecule has 2 aromatic rings. The second kappa shape index (κ2) is 12.1. The molecule has 0 atom stereocenters. The highest BCUT2D eigenvalue weighted by Crippen LogP contribution is 2.29. The summed E-state index contributed by atoms with van der Waals surface area (Å²) in [7, 11) is 2.86. The molecule has 1 aromatic heterocycles. The Morgan fingerprint density at radius 1 is 1.06 bits per heavy atom. The number of aromatic nitrogens is 1. The van der Waals surface area contributed by atoms with Crippen molar-refractivity contribution < 1.29 is 28.6 Å². The van der Waals surface area contributed by atoms with Gasteiger partial charge in [-0.1, -0.05) is 19.9 Å². The van der Waals surface area contributed by atoms with E-state index in [1.54, 1.807) is 18.9 Å². The number of hydrogen-bond acceptors (Lipinski definition) is 6. The zero-order chi connectivity index (χ0) is 24.5. The third-order valence-corrected chi connectivity index (χ3v) is 5.31. The van der Waals surface area contributed by atoms with Gasteiger partial charge in [-0.15, -0.1) is 0 Å². The van der Waals surface area contributed by atoms with E-state index < -0.39 is 5.97 Å². The van der Waals surface area contributed by atoms with Gasteiger partial charge < -0.3 is 24.1 Å². The number of aromatic amines is 1. The van der Waals surface area contributed by atoms with E-state index >= 15 is 0 Å². The van der Waals surface area contributed by atoms with Crippen LogP contribution in [0.3, 0.4) is 0 Å². The summed E-state index contributed by atoms with van der Waals surface area (Å²) in [5.41, 5.74) is 2.33. The van der Waals surface area contributed by atoms with E-state index in [1.807, 2.05) is 32.0 Å². The van der Waals surface area contributed by atoms with Crippen LogP contribution < -0.4 is 9.47 Å². The highest BCUT2D eigenvalue weighted by atomic mass is 16.5. The first-order valence-corrected chi connectivity index (χ1v) is 11.1. The van der Waals surface area contributed by atoms with Crippen molar-refractivity contribution in [2.75, 3.05) is 27.4 Å². The largest absolute Gasteiger partial charge is 0.493 e. The van der Waals surface area contributed by atoms with Crippen LogP contribution in [0.4, 0.5) is 0 Å². The molecule has 0 aliphatic rings. The third kappa shape index (κ3) is 6.37. The van der Waals surface area contributed by atoms with E-state index in [0.717, 1.165) is 18.4 Å². The molecule has 0 aliphatic carbocycles. The number of benzene rings is 1. The van der Waals surface area contributed by atoms with Crippen molar-refractivity contribution in [3.8, 4) is 11.5 Å². The number of ketones is 1.